The van der Waals surface area contributed by atoms with Crippen molar-refractivity contribution in [2.24, 2.45) is 5.92 Å². The lowest BCUT2D eigenvalue weighted by Gasteiger charge is -2.24. The molecule has 1 aromatic carbocycles. The highest BCUT2D eigenvalue weighted by Crippen LogP contribution is 2.30. The number of carbonyl (C=O) groups is 2. The van der Waals surface area contributed by atoms with E-state index < -0.39 is 17.6 Å². The van der Waals surface area contributed by atoms with Gasteiger partial charge in [-0.1, -0.05) is 30.3 Å². The Kier molecular flexibility index (Phi) is 4.12. The summed E-state index contributed by atoms with van der Waals surface area (Å²) in [4.78, 5) is 24.2. The fourth-order valence-corrected chi connectivity index (χ4v) is 1.89. The second-order valence-electron chi connectivity index (χ2n) is 6.16. The Hall–Kier alpha value is -1.84. The molecule has 4 heteroatoms. The summed E-state index contributed by atoms with van der Waals surface area (Å²) in [5.41, 5.74) is 0.171. The zero-order chi connectivity index (χ0) is 14.8. The van der Waals surface area contributed by atoms with E-state index in [-0.39, 0.29) is 11.8 Å². The average molecular weight is 275 g/mol. The molecule has 0 radical (unpaired) electrons. The maximum absolute atomic E-state index is 12.3. The van der Waals surface area contributed by atoms with Crippen LogP contribution in [0, 0.1) is 5.92 Å². The fourth-order valence-electron chi connectivity index (χ4n) is 1.89. The Morgan fingerprint density at radius 3 is 2.30 bits per heavy atom. The van der Waals surface area contributed by atoms with Gasteiger partial charge in [0, 0.05) is 5.92 Å². The second kappa shape index (κ2) is 5.65. The highest BCUT2D eigenvalue weighted by atomic mass is 16.6. The Morgan fingerprint density at radius 1 is 1.20 bits per heavy atom. The number of nitrogens with one attached hydrogen (secondary N) is 1. The largest absolute Gasteiger partial charge is 0.458 e. The molecule has 1 aliphatic carbocycles. The van der Waals surface area contributed by atoms with E-state index in [1.165, 1.54) is 0 Å². The molecule has 1 aliphatic rings. The van der Waals surface area contributed by atoms with E-state index in [2.05, 4.69) is 5.32 Å². The van der Waals surface area contributed by atoms with Gasteiger partial charge in [0.25, 0.3) is 0 Å². The van der Waals surface area contributed by atoms with Gasteiger partial charge in [0.15, 0.2) is 6.04 Å². The van der Waals surface area contributed by atoms with Crippen LogP contribution in [0.5, 0.6) is 0 Å². The molecule has 0 spiro atoms. The van der Waals surface area contributed by atoms with E-state index in [1.807, 2.05) is 51.1 Å². The fraction of sp³-hybridized carbons (Fsp3) is 0.500. The predicted molar refractivity (Wildman–Crippen MR) is 75.9 cm³/mol. The number of benzene rings is 1. The highest BCUT2D eigenvalue weighted by Gasteiger charge is 2.34. The minimum absolute atomic E-state index is 0.0589. The molecular formula is C16H21NO3. The van der Waals surface area contributed by atoms with Gasteiger partial charge in [-0.3, -0.25) is 4.79 Å². The van der Waals surface area contributed by atoms with Crippen LogP contribution >= 0.6 is 0 Å². The summed E-state index contributed by atoms with van der Waals surface area (Å²) in [6.07, 6.45) is 1.81. The standard InChI is InChI=1S/C16H21NO3/c1-16(2,3)20-15(19)13(11-7-5-4-6-8-11)17-14(18)12-9-10-12/h4-8,12-13H,9-10H2,1-3H3,(H,17,18)/t13-/m1/s1. The van der Waals surface area contributed by atoms with Gasteiger partial charge in [-0.05, 0) is 39.2 Å². The third-order valence-electron chi connectivity index (χ3n) is 3.01. The molecule has 1 aromatic rings. The number of hydrogen-bond donors (Lipinski definition) is 1. The molecule has 1 atom stereocenters. The SMILES string of the molecule is CC(C)(C)OC(=O)[C@H](NC(=O)C1CC1)c1ccccc1. The molecule has 1 fully saturated rings. The Labute approximate surface area is 119 Å². The summed E-state index contributed by atoms with van der Waals surface area (Å²) >= 11 is 0. The molecule has 20 heavy (non-hydrogen) atoms. The molecule has 1 amide bonds. The molecule has 0 saturated heterocycles. The van der Waals surface area contributed by atoms with Crippen LogP contribution < -0.4 is 5.32 Å². The lowest BCUT2D eigenvalue weighted by atomic mass is 10.1. The smallest absolute Gasteiger partial charge is 0.333 e. The van der Waals surface area contributed by atoms with E-state index in [0.717, 1.165) is 18.4 Å². The normalized spacial score (nSPS) is 16.4. The number of ether oxygens (including phenoxy) is 1. The van der Waals surface area contributed by atoms with Crippen molar-refractivity contribution in [1.82, 2.24) is 5.32 Å². The second-order valence-corrected chi connectivity index (χ2v) is 6.16. The van der Waals surface area contributed by atoms with E-state index in [9.17, 15) is 9.59 Å². The molecule has 2 rings (SSSR count). The highest BCUT2D eigenvalue weighted by molar-refractivity contribution is 5.87. The molecule has 1 N–H and O–H groups in total. The molecular weight excluding hydrogens is 254 g/mol. The first-order chi connectivity index (χ1) is 9.37. The van der Waals surface area contributed by atoms with Crippen LogP contribution in [0.4, 0.5) is 0 Å². The molecule has 0 aromatic heterocycles. The first-order valence-corrected chi connectivity index (χ1v) is 6.95. The molecule has 1 saturated carbocycles. The number of carbonyl (C=O) groups excluding carboxylic acids is 2. The van der Waals surface area contributed by atoms with Crippen LogP contribution in [-0.4, -0.2) is 17.5 Å². The Bertz CT molecular complexity index is 486. The Balaban J connectivity index is 2.15. The predicted octanol–water partition coefficient (Wildman–Crippen LogP) is 2.60. The summed E-state index contributed by atoms with van der Waals surface area (Å²) in [7, 11) is 0. The van der Waals surface area contributed by atoms with Crippen molar-refractivity contribution in [2.45, 2.75) is 45.3 Å². The van der Waals surface area contributed by atoms with Crippen molar-refractivity contribution < 1.29 is 14.3 Å². The summed E-state index contributed by atoms with van der Waals surface area (Å²) in [6.45, 7) is 5.45. The summed E-state index contributed by atoms with van der Waals surface area (Å²) in [6, 6.07) is 8.47. The molecule has 0 heterocycles. The van der Waals surface area contributed by atoms with Gasteiger partial charge in [-0.2, -0.15) is 0 Å². The van der Waals surface area contributed by atoms with Crippen LogP contribution in [0.3, 0.4) is 0 Å². The van der Waals surface area contributed by atoms with Crippen molar-refractivity contribution in [3.05, 3.63) is 35.9 Å². The molecule has 108 valence electrons. The van der Waals surface area contributed by atoms with Gasteiger partial charge in [-0.25, -0.2) is 4.79 Å². The number of amides is 1. The number of rotatable bonds is 4. The van der Waals surface area contributed by atoms with Gasteiger partial charge in [0.2, 0.25) is 5.91 Å². The van der Waals surface area contributed by atoms with Crippen LogP contribution in [0.15, 0.2) is 30.3 Å². The lowest BCUT2D eigenvalue weighted by molar-refractivity contribution is -0.159. The van der Waals surface area contributed by atoms with Crippen molar-refractivity contribution in [3.63, 3.8) is 0 Å². The summed E-state index contributed by atoms with van der Waals surface area (Å²) in [5.74, 6) is -0.425. The van der Waals surface area contributed by atoms with Crippen LogP contribution in [0.25, 0.3) is 0 Å². The van der Waals surface area contributed by atoms with E-state index in [1.54, 1.807) is 0 Å². The first-order valence-electron chi connectivity index (χ1n) is 6.95. The molecule has 4 nitrogen and oxygen atoms in total. The van der Waals surface area contributed by atoms with Crippen molar-refractivity contribution in [1.29, 1.82) is 0 Å². The van der Waals surface area contributed by atoms with E-state index in [0.29, 0.717) is 0 Å². The third-order valence-corrected chi connectivity index (χ3v) is 3.01. The summed E-state index contributed by atoms with van der Waals surface area (Å²) in [5, 5.41) is 2.80. The van der Waals surface area contributed by atoms with Gasteiger partial charge in [0.1, 0.15) is 5.60 Å². The molecule has 0 unspecified atom stereocenters. The molecule has 0 bridgehead atoms. The van der Waals surface area contributed by atoms with Gasteiger partial charge >= 0.3 is 5.97 Å². The maximum Gasteiger partial charge on any atom is 0.333 e. The maximum atomic E-state index is 12.3. The van der Waals surface area contributed by atoms with Crippen LogP contribution in [0.2, 0.25) is 0 Å². The van der Waals surface area contributed by atoms with Crippen LogP contribution in [0.1, 0.15) is 45.2 Å². The topological polar surface area (TPSA) is 55.4 Å². The monoisotopic (exact) mass is 275 g/mol. The van der Waals surface area contributed by atoms with E-state index in [4.69, 9.17) is 4.74 Å². The van der Waals surface area contributed by atoms with Crippen molar-refractivity contribution in [2.75, 3.05) is 0 Å². The van der Waals surface area contributed by atoms with E-state index >= 15 is 0 Å². The number of hydrogen-bond acceptors (Lipinski definition) is 3. The zero-order valence-corrected chi connectivity index (χ0v) is 12.2. The number of esters is 1. The quantitative estimate of drug-likeness (QED) is 0.859. The minimum atomic E-state index is -0.733. The van der Waals surface area contributed by atoms with Gasteiger partial charge in [0.05, 0.1) is 0 Å². The van der Waals surface area contributed by atoms with Gasteiger partial charge < -0.3 is 10.1 Å². The van der Waals surface area contributed by atoms with Crippen molar-refractivity contribution >= 4 is 11.9 Å². The van der Waals surface area contributed by atoms with Gasteiger partial charge in [-0.15, -0.1) is 0 Å². The molecule has 0 aliphatic heterocycles. The zero-order valence-electron chi connectivity index (χ0n) is 12.2. The average Bonchev–Trinajstić information content (AvgIpc) is 3.18. The summed E-state index contributed by atoms with van der Waals surface area (Å²) < 4.78 is 5.40. The first kappa shape index (κ1) is 14.6. The third kappa shape index (κ3) is 4.08. The lowest BCUT2D eigenvalue weighted by Crippen LogP contribution is -2.38. The van der Waals surface area contributed by atoms with Crippen LogP contribution in [-0.2, 0) is 14.3 Å². The van der Waals surface area contributed by atoms with Crippen molar-refractivity contribution in [3.8, 4) is 0 Å². The minimum Gasteiger partial charge on any atom is -0.458 e. The Morgan fingerprint density at radius 2 is 1.80 bits per heavy atom.